The van der Waals surface area contributed by atoms with E-state index in [9.17, 15) is 0 Å². The summed E-state index contributed by atoms with van der Waals surface area (Å²) < 4.78 is 1.03. The maximum atomic E-state index is 4.53. The highest BCUT2D eigenvalue weighted by atomic mass is 79.9. The minimum absolute atomic E-state index is 0. The second-order valence-corrected chi connectivity index (χ2v) is 4.72. The van der Waals surface area contributed by atoms with E-state index in [1.165, 1.54) is 10.8 Å². The Morgan fingerprint density at radius 2 is 1.39 bits per heavy atom. The molecule has 1 heterocycles. The van der Waals surface area contributed by atoms with Gasteiger partial charge in [0.2, 0.25) is 0 Å². The van der Waals surface area contributed by atoms with Gasteiger partial charge in [-0.15, -0.1) is 0 Å². The lowest BCUT2D eigenvalue weighted by atomic mass is 10.0. The van der Waals surface area contributed by atoms with Crippen LogP contribution in [0.2, 0.25) is 0 Å². The molecule has 0 saturated heterocycles. The number of hydrogen-bond donors (Lipinski definition) is 0. The van der Waals surface area contributed by atoms with E-state index in [0.717, 1.165) is 15.7 Å². The van der Waals surface area contributed by atoms with Crippen molar-refractivity contribution in [2.45, 2.75) is 7.43 Å². The first-order chi connectivity index (χ1) is 8.36. The van der Waals surface area contributed by atoms with Gasteiger partial charge in [0.05, 0.1) is 5.69 Å². The molecule has 3 rings (SSSR count). The van der Waals surface area contributed by atoms with Crippen LogP contribution in [-0.2, 0) is 0 Å². The topological polar surface area (TPSA) is 12.9 Å². The highest BCUT2D eigenvalue weighted by Crippen LogP contribution is 2.30. The van der Waals surface area contributed by atoms with Crippen molar-refractivity contribution in [3.05, 3.63) is 65.3 Å². The molecule has 0 bridgehead atoms. The molecule has 0 spiro atoms. The predicted molar refractivity (Wildman–Crippen MR) is 81.6 cm³/mol. The van der Waals surface area contributed by atoms with Crippen molar-refractivity contribution in [1.29, 1.82) is 0 Å². The number of pyridine rings is 1. The van der Waals surface area contributed by atoms with Crippen LogP contribution < -0.4 is 0 Å². The Kier molecular flexibility index (Phi) is 3.78. The molecular formula is C16H14BrN. The Balaban J connectivity index is 0.00000120. The van der Waals surface area contributed by atoms with Gasteiger partial charge in [-0.25, -0.2) is 0 Å². The third-order valence-corrected chi connectivity index (χ3v) is 3.43. The molecular weight excluding hydrogens is 286 g/mol. The first-order valence-corrected chi connectivity index (χ1v) is 6.24. The van der Waals surface area contributed by atoms with Crippen molar-refractivity contribution < 1.29 is 0 Å². The summed E-state index contributed by atoms with van der Waals surface area (Å²) >= 11 is 3.54. The van der Waals surface area contributed by atoms with E-state index in [-0.39, 0.29) is 7.43 Å². The van der Waals surface area contributed by atoms with Crippen molar-refractivity contribution in [1.82, 2.24) is 4.98 Å². The van der Waals surface area contributed by atoms with E-state index in [1.54, 1.807) is 0 Å². The van der Waals surface area contributed by atoms with Crippen molar-refractivity contribution >= 4 is 26.7 Å². The van der Waals surface area contributed by atoms with Gasteiger partial charge in [-0.1, -0.05) is 62.0 Å². The summed E-state index contributed by atoms with van der Waals surface area (Å²) in [6, 6.07) is 18.6. The molecule has 0 radical (unpaired) electrons. The van der Waals surface area contributed by atoms with Gasteiger partial charge in [0, 0.05) is 21.6 Å². The molecule has 0 N–H and O–H groups in total. The zero-order valence-corrected chi connectivity index (χ0v) is 10.7. The minimum atomic E-state index is 0. The van der Waals surface area contributed by atoms with Crippen molar-refractivity contribution in [3.8, 4) is 11.3 Å². The van der Waals surface area contributed by atoms with Gasteiger partial charge < -0.3 is 0 Å². The largest absolute Gasteiger partial charge is 0.254 e. The lowest BCUT2D eigenvalue weighted by molar-refractivity contribution is 1.34. The van der Waals surface area contributed by atoms with Gasteiger partial charge in [0.25, 0.3) is 0 Å². The van der Waals surface area contributed by atoms with Gasteiger partial charge >= 0.3 is 0 Å². The first kappa shape index (κ1) is 12.8. The van der Waals surface area contributed by atoms with Gasteiger partial charge in [0.1, 0.15) is 0 Å². The molecule has 0 aliphatic heterocycles. The predicted octanol–water partition coefficient (Wildman–Crippen LogP) is 5.30. The van der Waals surface area contributed by atoms with Crippen LogP contribution in [0.5, 0.6) is 0 Å². The number of nitrogens with zero attached hydrogens (tertiary/aromatic N) is 1. The fraction of sp³-hybridized carbons (Fsp3) is 0.0625. The van der Waals surface area contributed by atoms with E-state index in [4.69, 9.17) is 0 Å². The number of rotatable bonds is 1. The number of fused-ring (bicyclic) bond motifs is 1. The molecule has 0 atom stereocenters. The molecule has 0 unspecified atom stereocenters. The Morgan fingerprint density at radius 1 is 0.778 bits per heavy atom. The maximum absolute atomic E-state index is 4.53. The standard InChI is InChI=1S/C15H10BrN.CH4/c16-14-10-17-15(11-6-2-1-3-7-11)13-9-5-4-8-12(13)14;/h1-10H;1H4. The fourth-order valence-corrected chi connectivity index (χ4v) is 2.43. The van der Waals surface area contributed by atoms with Crippen LogP contribution in [0.25, 0.3) is 22.0 Å². The molecule has 0 aliphatic rings. The van der Waals surface area contributed by atoms with Crippen LogP contribution in [0.1, 0.15) is 7.43 Å². The summed E-state index contributed by atoms with van der Waals surface area (Å²) in [7, 11) is 0. The molecule has 0 fully saturated rings. The van der Waals surface area contributed by atoms with Crippen LogP contribution in [0, 0.1) is 0 Å². The van der Waals surface area contributed by atoms with Crippen LogP contribution in [0.3, 0.4) is 0 Å². The van der Waals surface area contributed by atoms with Gasteiger partial charge in [-0.05, 0) is 21.3 Å². The molecule has 1 aromatic heterocycles. The summed E-state index contributed by atoms with van der Waals surface area (Å²) in [5.41, 5.74) is 2.18. The Morgan fingerprint density at radius 3 is 2.11 bits per heavy atom. The Labute approximate surface area is 116 Å². The monoisotopic (exact) mass is 299 g/mol. The van der Waals surface area contributed by atoms with E-state index in [1.807, 2.05) is 36.5 Å². The molecule has 0 amide bonds. The van der Waals surface area contributed by atoms with Crippen LogP contribution in [-0.4, -0.2) is 4.98 Å². The zero-order valence-electron chi connectivity index (χ0n) is 9.10. The molecule has 18 heavy (non-hydrogen) atoms. The third kappa shape index (κ3) is 2.16. The van der Waals surface area contributed by atoms with Crippen LogP contribution in [0.15, 0.2) is 65.3 Å². The normalized spacial score (nSPS) is 10.1. The lowest BCUT2D eigenvalue weighted by Gasteiger charge is -2.07. The second-order valence-electron chi connectivity index (χ2n) is 3.87. The molecule has 0 aliphatic carbocycles. The summed E-state index contributed by atoms with van der Waals surface area (Å²) in [5.74, 6) is 0. The average Bonchev–Trinajstić information content (AvgIpc) is 2.41. The Bertz CT molecular complexity index is 662. The summed E-state index contributed by atoms with van der Waals surface area (Å²) in [6.07, 6.45) is 1.87. The molecule has 3 aromatic rings. The number of aromatic nitrogens is 1. The first-order valence-electron chi connectivity index (χ1n) is 5.45. The maximum Gasteiger partial charge on any atom is 0.0781 e. The molecule has 90 valence electrons. The number of halogens is 1. The summed E-state index contributed by atoms with van der Waals surface area (Å²) in [5, 5.41) is 2.37. The van der Waals surface area contributed by atoms with Crippen molar-refractivity contribution in [2.75, 3.05) is 0 Å². The van der Waals surface area contributed by atoms with Crippen molar-refractivity contribution in [3.63, 3.8) is 0 Å². The highest BCUT2D eigenvalue weighted by molar-refractivity contribution is 9.10. The van der Waals surface area contributed by atoms with E-state index >= 15 is 0 Å². The van der Waals surface area contributed by atoms with Crippen LogP contribution >= 0.6 is 15.9 Å². The van der Waals surface area contributed by atoms with Gasteiger partial charge in [-0.3, -0.25) is 4.98 Å². The zero-order chi connectivity index (χ0) is 11.7. The minimum Gasteiger partial charge on any atom is -0.254 e. The third-order valence-electron chi connectivity index (χ3n) is 2.79. The van der Waals surface area contributed by atoms with E-state index in [0.29, 0.717) is 0 Å². The van der Waals surface area contributed by atoms with E-state index in [2.05, 4.69) is 45.2 Å². The second kappa shape index (κ2) is 5.32. The Hall–Kier alpha value is -1.67. The lowest BCUT2D eigenvalue weighted by Crippen LogP contribution is -1.86. The molecule has 2 aromatic carbocycles. The quantitative estimate of drug-likeness (QED) is 0.594. The van der Waals surface area contributed by atoms with E-state index < -0.39 is 0 Å². The summed E-state index contributed by atoms with van der Waals surface area (Å²) in [6.45, 7) is 0. The highest BCUT2D eigenvalue weighted by Gasteiger charge is 2.06. The van der Waals surface area contributed by atoms with Gasteiger partial charge in [-0.2, -0.15) is 0 Å². The average molecular weight is 300 g/mol. The number of hydrogen-bond acceptors (Lipinski definition) is 1. The fourth-order valence-electron chi connectivity index (χ4n) is 1.98. The smallest absolute Gasteiger partial charge is 0.0781 e. The number of benzene rings is 2. The SMILES string of the molecule is Brc1cnc(-c2ccccc2)c2ccccc12.C. The van der Waals surface area contributed by atoms with Crippen molar-refractivity contribution in [2.24, 2.45) is 0 Å². The van der Waals surface area contributed by atoms with Crippen LogP contribution in [0.4, 0.5) is 0 Å². The molecule has 2 heteroatoms. The van der Waals surface area contributed by atoms with Gasteiger partial charge in [0.15, 0.2) is 0 Å². The molecule has 1 nitrogen and oxygen atoms in total. The molecule has 0 saturated carbocycles. The summed E-state index contributed by atoms with van der Waals surface area (Å²) in [4.78, 5) is 4.53.